The smallest absolute Gasteiger partial charge is 0.349 e. The third-order valence-electron chi connectivity index (χ3n) is 4.79. The topological polar surface area (TPSA) is 118 Å². The number of benzene rings is 1. The van der Waals surface area contributed by atoms with Crippen LogP contribution in [-0.4, -0.2) is 51.5 Å². The first-order valence-corrected chi connectivity index (χ1v) is 10.3. The third kappa shape index (κ3) is 4.76. The molecule has 10 heteroatoms. The normalized spacial score (nSPS) is 16.6. The molecule has 1 N–H and O–H groups in total. The number of imide groups is 1. The number of rotatable bonds is 6. The molecule has 0 saturated heterocycles. The van der Waals surface area contributed by atoms with E-state index in [1.807, 2.05) is 32.9 Å². The standard InChI is InChI=1S/C20H23N5O4S/c1-10-6-11(2)17(12(3)7-10)22-15(26)9-30-20-24-23-16(29-20)8-14-13(4)21-19(28)25(5)18(14)27/h6-7,14H,8-9H2,1-5H3,(H,22,26). The van der Waals surface area contributed by atoms with Gasteiger partial charge < -0.3 is 9.73 Å². The van der Waals surface area contributed by atoms with Crippen LogP contribution >= 0.6 is 11.8 Å². The summed E-state index contributed by atoms with van der Waals surface area (Å²) in [6.45, 7) is 7.55. The number of aliphatic imine (C=N–C) groups is 1. The van der Waals surface area contributed by atoms with Crippen molar-refractivity contribution >= 4 is 41.0 Å². The zero-order valence-corrected chi connectivity index (χ0v) is 18.3. The van der Waals surface area contributed by atoms with Gasteiger partial charge in [0.15, 0.2) is 0 Å². The van der Waals surface area contributed by atoms with E-state index in [9.17, 15) is 14.4 Å². The molecule has 0 fully saturated rings. The highest BCUT2D eigenvalue weighted by Gasteiger charge is 2.34. The van der Waals surface area contributed by atoms with E-state index in [-0.39, 0.29) is 35.1 Å². The van der Waals surface area contributed by atoms with Crippen LogP contribution in [0.4, 0.5) is 10.5 Å². The Labute approximate surface area is 178 Å². The molecular weight excluding hydrogens is 406 g/mol. The molecule has 1 unspecified atom stereocenters. The van der Waals surface area contributed by atoms with Crippen LogP contribution in [-0.2, 0) is 16.0 Å². The van der Waals surface area contributed by atoms with E-state index in [2.05, 4.69) is 20.5 Å². The molecule has 1 aromatic carbocycles. The number of aromatic nitrogens is 2. The molecule has 9 nitrogen and oxygen atoms in total. The molecule has 1 atom stereocenters. The van der Waals surface area contributed by atoms with Crippen LogP contribution in [0.1, 0.15) is 29.5 Å². The van der Waals surface area contributed by atoms with Gasteiger partial charge in [0.25, 0.3) is 5.22 Å². The Hall–Kier alpha value is -3.01. The summed E-state index contributed by atoms with van der Waals surface area (Å²) in [5.41, 5.74) is 4.37. The van der Waals surface area contributed by atoms with Crippen LogP contribution in [0.5, 0.6) is 0 Å². The molecule has 0 aliphatic carbocycles. The Morgan fingerprint density at radius 2 is 1.83 bits per heavy atom. The molecule has 0 bridgehead atoms. The third-order valence-corrected chi connectivity index (χ3v) is 5.61. The van der Waals surface area contributed by atoms with E-state index >= 15 is 0 Å². The van der Waals surface area contributed by atoms with E-state index in [1.165, 1.54) is 7.05 Å². The molecule has 30 heavy (non-hydrogen) atoms. The fourth-order valence-electron chi connectivity index (χ4n) is 3.28. The molecule has 0 saturated carbocycles. The summed E-state index contributed by atoms with van der Waals surface area (Å²) in [5.74, 6) is -0.807. The highest BCUT2D eigenvalue weighted by atomic mass is 32.2. The predicted octanol–water partition coefficient (Wildman–Crippen LogP) is 2.94. The van der Waals surface area contributed by atoms with Gasteiger partial charge in [-0.25, -0.2) is 9.79 Å². The molecule has 3 rings (SSSR count). The molecular formula is C20H23N5O4S. The number of carbonyl (C=O) groups excluding carboxylic acids is 3. The molecule has 1 aliphatic heterocycles. The molecule has 2 aromatic rings. The number of amides is 4. The first-order chi connectivity index (χ1) is 14.2. The van der Waals surface area contributed by atoms with Crippen molar-refractivity contribution in [2.24, 2.45) is 10.9 Å². The molecule has 2 heterocycles. The summed E-state index contributed by atoms with van der Waals surface area (Å²) in [5, 5.41) is 11.0. The van der Waals surface area contributed by atoms with Crippen molar-refractivity contribution in [3.8, 4) is 0 Å². The SMILES string of the molecule is CC1=NC(=O)N(C)C(=O)C1Cc1nnc(SCC(=O)Nc2c(C)cc(C)cc2C)o1. The van der Waals surface area contributed by atoms with E-state index in [4.69, 9.17) is 4.42 Å². The number of nitrogens with one attached hydrogen (secondary N) is 1. The van der Waals surface area contributed by atoms with Gasteiger partial charge in [0.2, 0.25) is 17.7 Å². The van der Waals surface area contributed by atoms with Crippen molar-refractivity contribution in [3.05, 3.63) is 34.7 Å². The molecule has 1 aliphatic rings. The van der Waals surface area contributed by atoms with Crippen LogP contribution in [0, 0.1) is 26.7 Å². The van der Waals surface area contributed by atoms with Gasteiger partial charge >= 0.3 is 6.03 Å². The zero-order chi connectivity index (χ0) is 22.0. The Bertz CT molecular complexity index is 1020. The van der Waals surface area contributed by atoms with Gasteiger partial charge in [-0.15, -0.1) is 10.2 Å². The summed E-state index contributed by atoms with van der Waals surface area (Å²) < 4.78 is 5.56. The van der Waals surface area contributed by atoms with Crippen molar-refractivity contribution in [2.75, 3.05) is 18.1 Å². The van der Waals surface area contributed by atoms with Crippen LogP contribution in [0.3, 0.4) is 0 Å². The number of hydrogen-bond donors (Lipinski definition) is 1. The predicted molar refractivity (Wildman–Crippen MR) is 113 cm³/mol. The number of thioether (sulfide) groups is 1. The van der Waals surface area contributed by atoms with Gasteiger partial charge in [0.05, 0.1) is 11.7 Å². The number of nitrogens with zero attached hydrogens (tertiary/aromatic N) is 4. The Morgan fingerprint density at radius 3 is 2.50 bits per heavy atom. The number of carbonyl (C=O) groups is 3. The lowest BCUT2D eigenvalue weighted by Crippen LogP contribution is -2.44. The number of hydrogen-bond acceptors (Lipinski definition) is 7. The summed E-state index contributed by atoms with van der Waals surface area (Å²) in [4.78, 5) is 41.0. The minimum atomic E-state index is -0.623. The van der Waals surface area contributed by atoms with Crippen LogP contribution < -0.4 is 5.32 Å². The van der Waals surface area contributed by atoms with E-state index in [0.29, 0.717) is 5.71 Å². The number of aryl methyl sites for hydroxylation is 3. The zero-order valence-electron chi connectivity index (χ0n) is 17.5. The maximum atomic E-state index is 12.3. The molecule has 0 radical (unpaired) electrons. The average molecular weight is 430 g/mol. The Balaban J connectivity index is 1.59. The Kier molecular flexibility index (Phi) is 6.35. The largest absolute Gasteiger partial charge is 0.416 e. The molecule has 0 spiro atoms. The lowest BCUT2D eigenvalue weighted by Gasteiger charge is -2.24. The van der Waals surface area contributed by atoms with Crippen molar-refractivity contribution in [3.63, 3.8) is 0 Å². The quantitative estimate of drug-likeness (QED) is 0.701. The van der Waals surface area contributed by atoms with Crippen LogP contribution in [0.25, 0.3) is 0 Å². The second-order valence-electron chi connectivity index (χ2n) is 7.26. The average Bonchev–Trinajstić information content (AvgIpc) is 3.12. The van der Waals surface area contributed by atoms with Gasteiger partial charge in [0.1, 0.15) is 0 Å². The first kappa shape index (κ1) is 21.7. The molecule has 1 aromatic heterocycles. The second-order valence-corrected chi connectivity index (χ2v) is 8.19. The van der Waals surface area contributed by atoms with Gasteiger partial charge in [-0.1, -0.05) is 29.5 Å². The number of urea groups is 1. The van der Waals surface area contributed by atoms with Crippen molar-refractivity contribution in [2.45, 2.75) is 39.3 Å². The maximum absolute atomic E-state index is 12.3. The fourth-order valence-corrected chi connectivity index (χ4v) is 3.86. The highest BCUT2D eigenvalue weighted by molar-refractivity contribution is 7.99. The molecule has 158 valence electrons. The summed E-state index contributed by atoms with van der Waals surface area (Å²) in [7, 11) is 1.39. The van der Waals surface area contributed by atoms with Gasteiger partial charge in [-0.05, 0) is 38.8 Å². The maximum Gasteiger partial charge on any atom is 0.349 e. The van der Waals surface area contributed by atoms with Crippen molar-refractivity contribution in [1.82, 2.24) is 15.1 Å². The summed E-state index contributed by atoms with van der Waals surface area (Å²) >= 11 is 1.12. The molecule has 4 amide bonds. The van der Waals surface area contributed by atoms with Gasteiger partial charge in [0, 0.05) is 24.9 Å². The van der Waals surface area contributed by atoms with E-state index in [0.717, 1.165) is 39.0 Å². The van der Waals surface area contributed by atoms with Gasteiger partial charge in [-0.2, -0.15) is 0 Å². The summed E-state index contributed by atoms with van der Waals surface area (Å²) in [6.07, 6.45) is 0.146. The monoisotopic (exact) mass is 429 g/mol. The van der Waals surface area contributed by atoms with Crippen LogP contribution in [0.15, 0.2) is 26.8 Å². The fraction of sp³-hybridized carbons (Fsp3) is 0.400. The number of anilines is 1. The van der Waals surface area contributed by atoms with Crippen molar-refractivity contribution in [1.29, 1.82) is 0 Å². The summed E-state index contributed by atoms with van der Waals surface area (Å²) in [6, 6.07) is 3.45. The second kappa shape index (κ2) is 8.78. The highest BCUT2D eigenvalue weighted by Crippen LogP contribution is 2.24. The van der Waals surface area contributed by atoms with Crippen molar-refractivity contribution < 1.29 is 18.8 Å². The Morgan fingerprint density at radius 1 is 1.17 bits per heavy atom. The lowest BCUT2D eigenvalue weighted by molar-refractivity contribution is -0.129. The van der Waals surface area contributed by atoms with Gasteiger partial charge in [-0.3, -0.25) is 14.5 Å². The van der Waals surface area contributed by atoms with E-state index < -0.39 is 11.9 Å². The van der Waals surface area contributed by atoms with E-state index in [1.54, 1.807) is 6.92 Å². The first-order valence-electron chi connectivity index (χ1n) is 9.35. The minimum Gasteiger partial charge on any atom is -0.416 e. The minimum absolute atomic E-state index is 0.106. The lowest BCUT2D eigenvalue weighted by atomic mass is 9.97. The van der Waals surface area contributed by atoms with Crippen LogP contribution in [0.2, 0.25) is 0 Å².